The molecule has 1 aliphatic carbocycles. The van der Waals surface area contributed by atoms with Crippen molar-refractivity contribution in [3.05, 3.63) is 66.0 Å². The molecule has 2 aliphatic rings. The van der Waals surface area contributed by atoms with Crippen LogP contribution in [0.15, 0.2) is 54.9 Å². The number of alkyl halides is 1. The van der Waals surface area contributed by atoms with Crippen LogP contribution in [-0.2, 0) is 26.6 Å². The van der Waals surface area contributed by atoms with Crippen LogP contribution in [0.25, 0.3) is 33.5 Å². The maximum atomic E-state index is 13.3. The molecule has 41 heavy (non-hydrogen) atoms. The van der Waals surface area contributed by atoms with Gasteiger partial charge in [-0.1, -0.05) is 12.1 Å². The number of halogens is 1. The van der Waals surface area contributed by atoms with Gasteiger partial charge in [-0.05, 0) is 61.1 Å². The van der Waals surface area contributed by atoms with Crippen LogP contribution >= 0.6 is 0 Å². The van der Waals surface area contributed by atoms with Gasteiger partial charge in [0.2, 0.25) is 0 Å². The Morgan fingerprint density at radius 2 is 2.07 bits per heavy atom. The highest BCUT2D eigenvalue weighted by Crippen LogP contribution is 2.39. The van der Waals surface area contributed by atoms with Gasteiger partial charge < -0.3 is 24.5 Å². The number of para-hydroxylation sites is 1. The Balaban J connectivity index is 1.27. The number of amides is 1. The Kier molecular flexibility index (Phi) is 6.50. The summed E-state index contributed by atoms with van der Waals surface area (Å²) in [6.07, 6.45) is 6.86. The van der Waals surface area contributed by atoms with E-state index in [9.17, 15) is 9.18 Å². The zero-order valence-electron chi connectivity index (χ0n) is 23.2. The molecule has 0 saturated heterocycles. The summed E-state index contributed by atoms with van der Waals surface area (Å²) in [6, 6.07) is 13.6. The van der Waals surface area contributed by atoms with E-state index >= 15 is 0 Å². The summed E-state index contributed by atoms with van der Waals surface area (Å²) >= 11 is 0. The average Bonchev–Trinajstić information content (AvgIpc) is 3.35. The molecule has 0 bridgehead atoms. The summed E-state index contributed by atoms with van der Waals surface area (Å²) in [5, 5.41) is 5.39. The standard InChI is InChI=1S/C31H34FN7O2/c1-36-26-14-21-8-11-37(19-23(33)17-32)31(40)24(21)16-25(26)35-30(36)27-15-22-4-2-5-28(29(22)39(27)18-20-6-7-20)41-13-12-38-10-3-9-34-38/h2-5,9-10,14-16,20,23H,6-8,11-13,17-19,33H2,1H3/t23-/m1/s1. The number of hydrogen-bond acceptors (Lipinski definition) is 5. The molecule has 0 radical (unpaired) electrons. The van der Waals surface area contributed by atoms with Crippen LogP contribution in [0.1, 0.15) is 28.8 Å². The van der Waals surface area contributed by atoms with Crippen molar-refractivity contribution in [3.8, 4) is 17.3 Å². The van der Waals surface area contributed by atoms with Gasteiger partial charge in [-0.3, -0.25) is 9.48 Å². The molecule has 9 nitrogen and oxygen atoms in total. The van der Waals surface area contributed by atoms with Crippen molar-refractivity contribution >= 4 is 27.8 Å². The molecule has 4 heterocycles. The summed E-state index contributed by atoms with van der Waals surface area (Å²) in [5.74, 6) is 2.24. The van der Waals surface area contributed by atoms with Gasteiger partial charge >= 0.3 is 0 Å². The summed E-state index contributed by atoms with van der Waals surface area (Å²) in [7, 11) is 2.04. The van der Waals surface area contributed by atoms with Crippen LogP contribution in [0, 0.1) is 5.92 Å². The van der Waals surface area contributed by atoms with Crippen LogP contribution in [0.2, 0.25) is 0 Å². The Bertz CT molecular complexity index is 1730. The molecular weight excluding hydrogens is 521 g/mol. The lowest BCUT2D eigenvalue weighted by Gasteiger charge is -2.30. The summed E-state index contributed by atoms with van der Waals surface area (Å²) < 4.78 is 25.7. The number of benzene rings is 2. The van der Waals surface area contributed by atoms with Crippen LogP contribution in [0.4, 0.5) is 4.39 Å². The Hall–Kier alpha value is -4.18. The Labute approximate surface area is 237 Å². The van der Waals surface area contributed by atoms with Crippen molar-refractivity contribution in [1.82, 2.24) is 28.8 Å². The van der Waals surface area contributed by atoms with Gasteiger partial charge in [-0.15, -0.1) is 0 Å². The maximum Gasteiger partial charge on any atom is 0.254 e. The molecular formula is C31H34FN7O2. The number of carbonyl (C=O) groups excluding carboxylic acids is 1. The van der Waals surface area contributed by atoms with Crippen LogP contribution < -0.4 is 10.5 Å². The second kappa shape index (κ2) is 10.3. The molecule has 1 atom stereocenters. The molecule has 212 valence electrons. The molecule has 7 rings (SSSR count). The number of hydrogen-bond donors (Lipinski definition) is 1. The first-order valence-electron chi connectivity index (χ1n) is 14.3. The number of ether oxygens (including phenoxy) is 1. The van der Waals surface area contributed by atoms with Gasteiger partial charge in [0.15, 0.2) is 5.82 Å². The normalized spacial score (nSPS) is 16.1. The largest absolute Gasteiger partial charge is 0.489 e. The molecule has 5 aromatic rings. The van der Waals surface area contributed by atoms with E-state index in [0.29, 0.717) is 37.6 Å². The fraction of sp³-hybridized carbons (Fsp3) is 0.387. The number of nitrogens with zero attached hydrogens (tertiary/aromatic N) is 6. The van der Waals surface area contributed by atoms with E-state index < -0.39 is 12.7 Å². The maximum absolute atomic E-state index is 13.3. The van der Waals surface area contributed by atoms with Gasteiger partial charge in [-0.25, -0.2) is 9.37 Å². The first kappa shape index (κ1) is 25.8. The molecule has 0 spiro atoms. The third-order valence-electron chi connectivity index (χ3n) is 8.31. The van der Waals surface area contributed by atoms with Gasteiger partial charge in [-0.2, -0.15) is 5.10 Å². The van der Waals surface area contributed by atoms with Crippen LogP contribution in [0.5, 0.6) is 5.75 Å². The molecule has 2 aromatic carbocycles. The van der Waals surface area contributed by atoms with E-state index in [-0.39, 0.29) is 12.5 Å². The minimum Gasteiger partial charge on any atom is -0.489 e. The lowest BCUT2D eigenvalue weighted by molar-refractivity contribution is 0.0725. The van der Waals surface area contributed by atoms with Gasteiger partial charge in [0.05, 0.1) is 34.8 Å². The van der Waals surface area contributed by atoms with E-state index in [4.69, 9.17) is 15.5 Å². The number of imidazole rings is 1. The number of aromatic nitrogens is 5. The second-order valence-electron chi connectivity index (χ2n) is 11.3. The molecule has 1 aliphatic heterocycles. The summed E-state index contributed by atoms with van der Waals surface area (Å²) in [6.45, 7) is 2.20. The van der Waals surface area contributed by atoms with Crippen molar-refractivity contribution in [3.63, 3.8) is 0 Å². The Morgan fingerprint density at radius 3 is 2.85 bits per heavy atom. The number of rotatable bonds is 10. The number of nitrogens with two attached hydrogens (primary N) is 1. The second-order valence-corrected chi connectivity index (χ2v) is 11.3. The zero-order chi connectivity index (χ0) is 28.1. The van der Waals surface area contributed by atoms with Crippen molar-refractivity contribution in [1.29, 1.82) is 0 Å². The van der Waals surface area contributed by atoms with Crippen molar-refractivity contribution < 1.29 is 13.9 Å². The minimum absolute atomic E-state index is 0.107. The van der Waals surface area contributed by atoms with E-state index in [1.807, 2.05) is 42.2 Å². The van der Waals surface area contributed by atoms with Gasteiger partial charge in [0.1, 0.15) is 19.0 Å². The van der Waals surface area contributed by atoms with E-state index in [1.54, 1.807) is 11.1 Å². The first-order valence-corrected chi connectivity index (χ1v) is 14.3. The topological polar surface area (TPSA) is 96.1 Å². The molecule has 0 unspecified atom stereocenters. The van der Waals surface area contributed by atoms with Gasteiger partial charge in [0.25, 0.3) is 5.91 Å². The van der Waals surface area contributed by atoms with E-state index in [2.05, 4.69) is 32.4 Å². The number of carbonyl (C=O) groups is 1. The molecule has 2 N–H and O–H groups in total. The van der Waals surface area contributed by atoms with E-state index in [0.717, 1.165) is 51.3 Å². The lowest BCUT2D eigenvalue weighted by Crippen LogP contribution is -2.45. The third-order valence-corrected chi connectivity index (χ3v) is 8.31. The zero-order valence-corrected chi connectivity index (χ0v) is 23.2. The van der Waals surface area contributed by atoms with Crippen LogP contribution in [0.3, 0.4) is 0 Å². The quantitative estimate of drug-likeness (QED) is 0.279. The predicted molar refractivity (Wildman–Crippen MR) is 156 cm³/mol. The summed E-state index contributed by atoms with van der Waals surface area (Å²) in [5.41, 5.74) is 11.3. The molecule has 1 amide bonds. The lowest BCUT2D eigenvalue weighted by atomic mass is 9.97. The van der Waals surface area contributed by atoms with Crippen molar-refractivity contribution in [2.75, 3.05) is 26.4 Å². The molecule has 1 fully saturated rings. The SMILES string of the molecule is Cn1c(-c2cc3cccc(OCCn4cccn4)c3n2CC2CC2)nc2cc3c(cc21)CCN(C[C@H](N)CF)C3=O. The molecule has 1 saturated carbocycles. The Morgan fingerprint density at radius 1 is 1.20 bits per heavy atom. The number of fused-ring (bicyclic) bond motifs is 3. The summed E-state index contributed by atoms with van der Waals surface area (Å²) in [4.78, 5) is 20.0. The van der Waals surface area contributed by atoms with Crippen LogP contribution in [-0.4, -0.2) is 67.1 Å². The monoisotopic (exact) mass is 555 g/mol. The smallest absolute Gasteiger partial charge is 0.254 e. The predicted octanol–water partition coefficient (Wildman–Crippen LogP) is 4.18. The minimum atomic E-state index is -0.668. The highest BCUT2D eigenvalue weighted by Gasteiger charge is 2.29. The number of aryl methyl sites for hydroxylation is 1. The highest BCUT2D eigenvalue weighted by atomic mass is 19.1. The van der Waals surface area contributed by atoms with E-state index in [1.165, 1.54) is 12.8 Å². The molecule has 3 aromatic heterocycles. The third kappa shape index (κ3) is 4.76. The molecule has 10 heteroatoms. The first-order chi connectivity index (χ1) is 20.0. The fourth-order valence-corrected chi connectivity index (χ4v) is 5.97. The van der Waals surface area contributed by atoms with Crippen molar-refractivity contribution in [2.45, 2.75) is 38.4 Å². The van der Waals surface area contributed by atoms with Gasteiger partial charge in [0, 0.05) is 50.0 Å². The van der Waals surface area contributed by atoms with Crippen molar-refractivity contribution in [2.24, 2.45) is 18.7 Å². The fourth-order valence-electron chi connectivity index (χ4n) is 5.97. The average molecular weight is 556 g/mol. The highest BCUT2D eigenvalue weighted by molar-refractivity contribution is 6.01.